The Morgan fingerprint density at radius 3 is 1.97 bits per heavy atom. The third-order valence-corrected chi connectivity index (χ3v) is 6.04. The molecule has 9 heteroatoms. The van der Waals surface area contributed by atoms with Crippen molar-refractivity contribution in [3.63, 3.8) is 0 Å². The highest BCUT2D eigenvalue weighted by Gasteiger charge is 2.40. The fourth-order valence-corrected chi connectivity index (χ4v) is 4.05. The zero-order valence-corrected chi connectivity index (χ0v) is 17.7. The van der Waals surface area contributed by atoms with Gasteiger partial charge >= 0.3 is 6.18 Å². The van der Waals surface area contributed by atoms with Crippen molar-refractivity contribution in [1.82, 2.24) is 9.78 Å². The molecule has 0 radical (unpaired) electrons. The minimum Gasteiger partial charge on any atom is -0.399 e. The monoisotopic (exact) mass is 457 g/mol. The van der Waals surface area contributed by atoms with E-state index in [1.807, 2.05) is 0 Å². The van der Waals surface area contributed by atoms with Crippen molar-refractivity contribution < 1.29 is 21.6 Å². The SMILES string of the molecule is CS(=O)(=O)c1ccc(-c2c(-c3ccccc3)c(C(F)(F)F)nn2-c2ccc(N)cc2)cc1. The van der Waals surface area contributed by atoms with Crippen molar-refractivity contribution in [3.05, 3.63) is 84.6 Å². The van der Waals surface area contributed by atoms with Gasteiger partial charge in [-0.3, -0.25) is 0 Å². The molecule has 3 aromatic carbocycles. The van der Waals surface area contributed by atoms with E-state index in [4.69, 9.17) is 5.73 Å². The van der Waals surface area contributed by atoms with Gasteiger partial charge in [-0.05, 0) is 42.0 Å². The molecule has 0 fully saturated rings. The van der Waals surface area contributed by atoms with Crippen LogP contribution in [0.3, 0.4) is 0 Å². The van der Waals surface area contributed by atoms with Crippen LogP contribution in [0, 0.1) is 0 Å². The van der Waals surface area contributed by atoms with E-state index in [-0.39, 0.29) is 16.2 Å². The number of alkyl halides is 3. The maximum absolute atomic E-state index is 14.1. The average molecular weight is 457 g/mol. The summed E-state index contributed by atoms with van der Waals surface area (Å²) < 4.78 is 67.1. The summed E-state index contributed by atoms with van der Waals surface area (Å²) in [6.45, 7) is 0. The van der Waals surface area contributed by atoms with E-state index in [1.54, 1.807) is 54.6 Å². The Kier molecular flexibility index (Phi) is 5.29. The number of hydrogen-bond acceptors (Lipinski definition) is 4. The predicted molar refractivity (Wildman–Crippen MR) is 117 cm³/mol. The Morgan fingerprint density at radius 1 is 0.844 bits per heavy atom. The summed E-state index contributed by atoms with van der Waals surface area (Å²) in [7, 11) is -3.47. The van der Waals surface area contributed by atoms with Crippen LogP contribution >= 0.6 is 0 Å². The number of benzene rings is 3. The van der Waals surface area contributed by atoms with E-state index in [9.17, 15) is 21.6 Å². The summed E-state index contributed by atoms with van der Waals surface area (Å²) in [5, 5.41) is 3.94. The number of aromatic nitrogens is 2. The van der Waals surface area contributed by atoms with Gasteiger partial charge in [0.25, 0.3) is 0 Å². The van der Waals surface area contributed by atoms with Crippen molar-refractivity contribution in [2.75, 3.05) is 12.0 Å². The van der Waals surface area contributed by atoms with Gasteiger partial charge in [-0.2, -0.15) is 18.3 Å². The van der Waals surface area contributed by atoms with Crippen LogP contribution in [0.2, 0.25) is 0 Å². The molecule has 164 valence electrons. The van der Waals surface area contributed by atoms with Gasteiger partial charge in [0.15, 0.2) is 15.5 Å². The second-order valence-electron chi connectivity index (χ2n) is 7.24. The molecule has 1 aromatic heterocycles. The van der Waals surface area contributed by atoms with Crippen LogP contribution in [0.5, 0.6) is 0 Å². The van der Waals surface area contributed by atoms with Gasteiger partial charge in [-0.1, -0.05) is 42.5 Å². The zero-order valence-electron chi connectivity index (χ0n) is 16.8. The molecule has 5 nitrogen and oxygen atoms in total. The van der Waals surface area contributed by atoms with E-state index in [0.29, 0.717) is 22.5 Å². The first-order valence-corrected chi connectivity index (χ1v) is 11.4. The number of nitrogen functional groups attached to an aromatic ring is 1. The first-order valence-electron chi connectivity index (χ1n) is 9.48. The fourth-order valence-electron chi connectivity index (χ4n) is 3.42. The van der Waals surface area contributed by atoms with Crippen molar-refractivity contribution in [1.29, 1.82) is 0 Å². The highest BCUT2D eigenvalue weighted by Crippen LogP contribution is 2.43. The molecule has 0 saturated carbocycles. The molecular formula is C23H18F3N3O2S. The highest BCUT2D eigenvalue weighted by molar-refractivity contribution is 7.90. The first-order chi connectivity index (χ1) is 15.1. The topological polar surface area (TPSA) is 78.0 Å². The van der Waals surface area contributed by atoms with E-state index >= 15 is 0 Å². The maximum atomic E-state index is 14.1. The molecule has 0 aliphatic heterocycles. The summed E-state index contributed by atoms with van der Waals surface area (Å²) in [5.74, 6) is 0. The summed E-state index contributed by atoms with van der Waals surface area (Å²) in [4.78, 5) is 0.0668. The van der Waals surface area contributed by atoms with E-state index in [0.717, 1.165) is 6.26 Å². The van der Waals surface area contributed by atoms with Crippen molar-refractivity contribution in [3.8, 4) is 28.1 Å². The van der Waals surface area contributed by atoms with Gasteiger partial charge in [-0.25, -0.2) is 13.1 Å². The Bertz CT molecular complexity index is 1360. The standard InChI is InChI=1S/C23H18F3N3O2S/c1-32(30,31)19-13-7-16(8-14-19)21-20(15-5-3-2-4-6-15)22(23(24,25)26)28-29(21)18-11-9-17(27)10-12-18/h2-14H,27H2,1H3. The molecule has 0 unspecified atom stereocenters. The van der Waals surface area contributed by atoms with Crippen molar-refractivity contribution in [2.24, 2.45) is 0 Å². The predicted octanol–water partition coefficient (Wildman–Crippen LogP) is 5.21. The number of nitrogens with zero attached hydrogens (tertiary/aromatic N) is 2. The molecule has 0 saturated heterocycles. The van der Waals surface area contributed by atoms with E-state index < -0.39 is 21.7 Å². The largest absolute Gasteiger partial charge is 0.435 e. The van der Waals surface area contributed by atoms with Crippen LogP contribution in [-0.4, -0.2) is 24.5 Å². The first kappa shape index (κ1) is 21.6. The molecular weight excluding hydrogens is 439 g/mol. The molecule has 4 aromatic rings. The second kappa shape index (κ2) is 7.83. The molecule has 0 atom stereocenters. The molecule has 0 aliphatic rings. The van der Waals surface area contributed by atoms with Crippen LogP contribution in [0.15, 0.2) is 83.8 Å². The van der Waals surface area contributed by atoms with Crippen LogP contribution < -0.4 is 5.73 Å². The number of sulfone groups is 1. The van der Waals surface area contributed by atoms with Crippen LogP contribution in [0.1, 0.15) is 5.69 Å². The average Bonchev–Trinajstić information content (AvgIpc) is 3.15. The summed E-state index contributed by atoms with van der Waals surface area (Å²) in [6.07, 6.45) is -3.65. The smallest absolute Gasteiger partial charge is 0.399 e. The van der Waals surface area contributed by atoms with E-state index in [2.05, 4.69) is 5.10 Å². The number of rotatable bonds is 4. The van der Waals surface area contributed by atoms with Crippen LogP contribution in [-0.2, 0) is 16.0 Å². The number of nitrogens with two attached hydrogens (primary N) is 1. The lowest BCUT2D eigenvalue weighted by Gasteiger charge is -2.12. The van der Waals surface area contributed by atoms with Gasteiger partial charge in [-0.15, -0.1) is 0 Å². The van der Waals surface area contributed by atoms with Crippen LogP contribution in [0.4, 0.5) is 18.9 Å². The van der Waals surface area contributed by atoms with Gasteiger partial charge in [0.05, 0.1) is 16.3 Å². The highest BCUT2D eigenvalue weighted by atomic mass is 32.2. The summed E-state index contributed by atoms with van der Waals surface area (Å²) in [5.41, 5.74) is 6.36. The minimum absolute atomic E-state index is 0.0668. The molecule has 0 aliphatic carbocycles. The summed E-state index contributed by atoms with van der Waals surface area (Å²) >= 11 is 0. The Balaban J connectivity index is 2.07. The quantitative estimate of drug-likeness (QED) is 0.427. The fraction of sp³-hybridized carbons (Fsp3) is 0.0870. The molecule has 0 bridgehead atoms. The van der Waals surface area contributed by atoms with Gasteiger partial charge < -0.3 is 5.73 Å². The van der Waals surface area contributed by atoms with Gasteiger partial charge in [0.2, 0.25) is 0 Å². The molecule has 0 spiro atoms. The Labute approximate surface area is 182 Å². The van der Waals surface area contributed by atoms with Gasteiger partial charge in [0, 0.05) is 23.1 Å². The van der Waals surface area contributed by atoms with Crippen molar-refractivity contribution in [2.45, 2.75) is 11.1 Å². The lowest BCUT2D eigenvalue weighted by Crippen LogP contribution is -2.08. The van der Waals surface area contributed by atoms with Crippen LogP contribution in [0.25, 0.3) is 28.1 Å². The van der Waals surface area contributed by atoms with Gasteiger partial charge in [0.1, 0.15) is 0 Å². The summed E-state index contributed by atoms with van der Waals surface area (Å²) in [6, 6.07) is 20.1. The lowest BCUT2D eigenvalue weighted by atomic mass is 9.98. The maximum Gasteiger partial charge on any atom is 0.435 e. The normalized spacial score (nSPS) is 12.1. The van der Waals surface area contributed by atoms with E-state index in [1.165, 1.54) is 28.9 Å². The van der Waals surface area contributed by atoms with Crippen molar-refractivity contribution >= 4 is 15.5 Å². The Morgan fingerprint density at radius 2 is 1.44 bits per heavy atom. The molecule has 4 rings (SSSR count). The third-order valence-electron chi connectivity index (χ3n) is 4.91. The number of hydrogen-bond donors (Lipinski definition) is 1. The minimum atomic E-state index is -4.72. The molecule has 2 N–H and O–H groups in total. The number of halogens is 3. The zero-order chi connectivity index (χ0) is 23.1. The number of anilines is 1. The molecule has 0 amide bonds. The molecule has 1 heterocycles. The second-order valence-corrected chi connectivity index (χ2v) is 9.25. The Hall–Kier alpha value is -3.59. The molecule has 32 heavy (non-hydrogen) atoms. The lowest BCUT2D eigenvalue weighted by molar-refractivity contribution is -0.140. The third kappa shape index (κ3) is 4.11.